The molecule has 126 valence electrons. The lowest BCUT2D eigenvalue weighted by Gasteiger charge is -2.01. The minimum absolute atomic E-state index is 0.304. The van der Waals surface area contributed by atoms with Crippen molar-refractivity contribution in [3.05, 3.63) is 47.3 Å². The molecule has 3 aromatic heterocycles. The SMILES string of the molecule is O=C1NC(=O)/C(=C/c2cc3cncc(-c4ccc5nsnc5c4)c3o2)S1. The second-order valence-corrected chi connectivity index (χ2v) is 7.12. The number of pyridine rings is 1. The van der Waals surface area contributed by atoms with Crippen LogP contribution in [0.4, 0.5) is 4.79 Å². The van der Waals surface area contributed by atoms with Gasteiger partial charge in [0.2, 0.25) is 0 Å². The van der Waals surface area contributed by atoms with E-state index in [-0.39, 0.29) is 5.24 Å². The van der Waals surface area contributed by atoms with Gasteiger partial charge in [0, 0.05) is 29.4 Å². The zero-order chi connectivity index (χ0) is 17.7. The van der Waals surface area contributed by atoms with E-state index in [4.69, 9.17) is 4.42 Å². The van der Waals surface area contributed by atoms with Crippen LogP contribution < -0.4 is 5.32 Å². The first-order chi connectivity index (χ1) is 12.7. The molecule has 0 spiro atoms. The van der Waals surface area contributed by atoms with Gasteiger partial charge in [0.05, 0.1) is 16.6 Å². The molecule has 1 fully saturated rings. The lowest BCUT2D eigenvalue weighted by atomic mass is 10.1. The van der Waals surface area contributed by atoms with Crippen molar-refractivity contribution in [3.63, 3.8) is 0 Å². The minimum atomic E-state index is -0.416. The Labute approximate surface area is 154 Å². The molecule has 0 radical (unpaired) electrons. The van der Waals surface area contributed by atoms with Crippen molar-refractivity contribution >= 4 is 62.7 Å². The molecule has 1 saturated heterocycles. The number of imide groups is 1. The molecule has 0 saturated carbocycles. The van der Waals surface area contributed by atoms with Gasteiger partial charge in [-0.3, -0.25) is 19.9 Å². The van der Waals surface area contributed by atoms with Crippen molar-refractivity contribution in [2.45, 2.75) is 0 Å². The van der Waals surface area contributed by atoms with Crippen LogP contribution in [0.2, 0.25) is 0 Å². The number of nitrogens with one attached hydrogen (secondary N) is 1. The average Bonchev–Trinajstić information content (AvgIpc) is 3.32. The van der Waals surface area contributed by atoms with Gasteiger partial charge in [-0.25, -0.2) is 0 Å². The molecule has 1 aliphatic rings. The fourth-order valence-corrected chi connectivity index (χ4v) is 3.94. The first-order valence-electron chi connectivity index (χ1n) is 7.52. The Bertz CT molecular complexity index is 1240. The molecule has 1 aliphatic heterocycles. The summed E-state index contributed by atoms with van der Waals surface area (Å²) in [4.78, 5) is 27.6. The van der Waals surface area contributed by atoms with E-state index in [1.807, 2.05) is 18.2 Å². The summed E-state index contributed by atoms with van der Waals surface area (Å²) in [7, 11) is 0. The average molecular weight is 380 g/mol. The zero-order valence-electron chi connectivity index (χ0n) is 12.9. The molecule has 0 atom stereocenters. The van der Waals surface area contributed by atoms with E-state index < -0.39 is 5.91 Å². The van der Waals surface area contributed by atoms with Crippen LogP contribution in [0.3, 0.4) is 0 Å². The Hall–Kier alpha value is -3.04. The van der Waals surface area contributed by atoms with Gasteiger partial charge in [-0.2, -0.15) is 8.75 Å². The van der Waals surface area contributed by atoms with Gasteiger partial charge >= 0.3 is 0 Å². The normalized spacial score (nSPS) is 16.1. The number of rotatable bonds is 2. The van der Waals surface area contributed by atoms with Gasteiger partial charge < -0.3 is 4.42 Å². The number of hydrogen-bond acceptors (Lipinski definition) is 8. The summed E-state index contributed by atoms with van der Waals surface area (Å²) < 4.78 is 14.4. The summed E-state index contributed by atoms with van der Waals surface area (Å²) in [6, 6.07) is 7.58. The molecule has 26 heavy (non-hydrogen) atoms. The lowest BCUT2D eigenvalue weighted by Crippen LogP contribution is -2.17. The second kappa shape index (κ2) is 5.75. The van der Waals surface area contributed by atoms with Crippen LogP contribution in [0.5, 0.6) is 0 Å². The summed E-state index contributed by atoms with van der Waals surface area (Å²) in [5.74, 6) is 0.0679. The third-order valence-electron chi connectivity index (χ3n) is 3.92. The summed E-state index contributed by atoms with van der Waals surface area (Å²) in [6.45, 7) is 0. The largest absolute Gasteiger partial charge is 0.456 e. The van der Waals surface area contributed by atoms with E-state index >= 15 is 0 Å². The number of carbonyl (C=O) groups is 2. The van der Waals surface area contributed by atoms with Crippen molar-refractivity contribution in [2.24, 2.45) is 0 Å². The summed E-state index contributed by atoms with van der Waals surface area (Å²) in [5.41, 5.74) is 4.06. The van der Waals surface area contributed by atoms with Gasteiger partial charge in [-0.15, -0.1) is 0 Å². The van der Waals surface area contributed by atoms with Crippen molar-refractivity contribution in [1.29, 1.82) is 0 Å². The molecule has 1 N–H and O–H groups in total. The second-order valence-electron chi connectivity index (χ2n) is 5.57. The summed E-state index contributed by atoms with van der Waals surface area (Å²) >= 11 is 2.02. The van der Waals surface area contributed by atoms with Crippen molar-refractivity contribution < 1.29 is 14.0 Å². The van der Waals surface area contributed by atoms with Crippen LogP contribution in [0.25, 0.3) is 39.2 Å². The number of nitrogens with zero attached hydrogens (tertiary/aromatic N) is 3. The molecule has 7 nitrogen and oxygen atoms in total. The predicted molar refractivity (Wildman–Crippen MR) is 99.5 cm³/mol. The number of amides is 2. The van der Waals surface area contributed by atoms with Crippen LogP contribution in [0.1, 0.15) is 5.76 Å². The Kier molecular flexibility index (Phi) is 3.37. The maximum absolute atomic E-state index is 11.7. The highest BCUT2D eigenvalue weighted by molar-refractivity contribution is 8.18. The highest BCUT2D eigenvalue weighted by atomic mass is 32.2. The highest BCUT2D eigenvalue weighted by Gasteiger charge is 2.25. The minimum Gasteiger partial charge on any atom is -0.456 e. The number of benzene rings is 1. The number of hydrogen-bond donors (Lipinski definition) is 1. The maximum Gasteiger partial charge on any atom is 0.290 e. The molecule has 4 heterocycles. The van der Waals surface area contributed by atoms with Crippen molar-refractivity contribution in [1.82, 2.24) is 19.0 Å². The van der Waals surface area contributed by atoms with E-state index in [0.29, 0.717) is 16.2 Å². The van der Waals surface area contributed by atoms with Gasteiger partial charge in [0.25, 0.3) is 11.1 Å². The first-order valence-corrected chi connectivity index (χ1v) is 9.07. The number of furan rings is 1. The Morgan fingerprint density at radius 2 is 1.96 bits per heavy atom. The number of fused-ring (bicyclic) bond motifs is 2. The Balaban J connectivity index is 1.63. The lowest BCUT2D eigenvalue weighted by molar-refractivity contribution is -0.115. The van der Waals surface area contributed by atoms with E-state index in [9.17, 15) is 9.59 Å². The Morgan fingerprint density at radius 1 is 1.08 bits per heavy atom. The smallest absolute Gasteiger partial charge is 0.290 e. The van der Waals surface area contributed by atoms with Crippen LogP contribution >= 0.6 is 23.5 Å². The number of aromatic nitrogens is 3. The quantitative estimate of drug-likeness (QED) is 0.528. The van der Waals surface area contributed by atoms with E-state index in [1.165, 1.54) is 11.7 Å². The number of thioether (sulfide) groups is 1. The first kappa shape index (κ1) is 15.2. The van der Waals surface area contributed by atoms with Crippen LogP contribution in [-0.2, 0) is 4.79 Å². The molecule has 9 heteroatoms. The zero-order valence-corrected chi connectivity index (χ0v) is 14.6. The van der Waals surface area contributed by atoms with E-state index in [1.54, 1.807) is 24.5 Å². The molecule has 0 aliphatic carbocycles. The fraction of sp³-hybridized carbons (Fsp3) is 0. The molecule has 4 aromatic rings. The predicted octanol–water partition coefficient (Wildman–Crippen LogP) is 3.82. The van der Waals surface area contributed by atoms with Crippen LogP contribution in [0.15, 0.2) is 46.0 Å². The van der Waals surface area contributed by atoms with Gasteiger partial charge in [0.15, 0.2) is 0 Å². The van der Waals surface area contributed by atoms with E-state index in [0.717, 1.165) is 39.3 Å². The molecule has 0 unspecified atom stereocenters. The molecular formula is C17H8N4O3S2. The van der Waals surface area contributed by atoms with Crippen molar-refractivity contribution in [2.75, 3.05) is 0 Å². The topological polar surface area (TPSA) is 98.0 Å². The van der Waals surface area contributed by atoms with Gasteiger partial charge in [0.1, 0.15) is 22.4 Å². The van der Waals surface area contributed by atoms with E-state index in [2.05, 4.69) is 19.0 Å². The molecule has 5 rings (SSSR count). The standard InChI is InChI=1S/C17H8N4O3S2/c22-16-14(25-17(23)19-16)5-10-3-9-6-18-7-11(15(9)24-10)8-1-2-12-13(4-8)21-26-20-12/h1-7H,(H,19,22,23)/b14-5-. The monoisotopic (exact) mass is 380 g/mol. The molecule has 0 bridgehead atoms. The summed E-state index contributed by atoms with van der Waals surface area (Å²) in [6.07, 6.45) is 4.98. The third-order valence-corrected chi connectivity index (χ3v) is 5.29. The van der Waals surface area contributed by atoms with Gasteiger partial charge in [-0.1, -0.05) is 6.07 Å². The summed E-state index contributed by atoms with van der Waals surface area (Å²) in [5, 5.41) is 2.65. The van der Waals surface area contributed by atoms with Gasteiger partial charge in [-0.05, 0) is 35.5 Å². The number of carbonyl (C=O) groups excluding carboxylic acids is 2. The fourth-order valence-electron chi connectivity index (χ4n) is 2.76. The molecule has 1 aromatic carbocycles. The molecular weight excluding hydrogens is 372 g/mol. The van der Waals surface area contributed by atoms with Crippen LogP contribution in [0, 0.1) is 0 Å². The Morgan fingerprint density at radius 3 is 2.81 bits per heavy atom. The highest BCUT2D eigenvalue weighted by Crippen LogP contribution is 2.33. The molecule has 2 amide bonds. The van der Waals surface area contributed by atoms with Crippen molar-refractivity contribution in [3.8, 4) is 11.1 Å². The maximum atomic E-state index is 11.7. The third kappa shape index (κ3) is 2.49. The van der Waals surface area contributed by atoms with Crippen LogP contribution in [-0.4, -0.2) is 24.9 Å².